The molecule has 0 unspecified atom stereocenters. The Morgan fingerprint density at radius 2 is 1.70 bits per heavy atom. The Hall–Kier alpha value is -2.07. The van der Waals surface area contributed by atoms with Gasteiger partial charge in [0.1, 0.15) is 0 Å². The van der Waals surface area contributed by atoms with E-state index in [4.69, 9.17) is 0 Å². The van der Waals surface area contributed by atoms with Gasteiger partial charge in [-0.2, -0.15) is 0 Å². The van der Waals surface area contributed by atoms with Crippen LogP contribution in [-0.2, 0) is 0 Å². The molecule has 3 aliphatic rings. The highest BCUT2D eigenvalue weighted by atomic mass is 16.2. The van der Waals surface area contributed by atoms with Gasteiger partial charge in [0.25, 0.3) is 5.91 Å². The van der Waals surface area contributed by atoms with Crippen LogP contribution in [0, 0.1) is 5.92 Å². The minimum atomic E-state index is 0.208. The Labute approximate surface area is 180 Å². The Kier molecular flexibility index (Phi) is 5.44. The number of hydrogen-bond donors (Lipinski definition) is 0. The maximum atomic E-state index is 13.3. The number of nitrogens with zero attached hydrogens (tertiary/aromatic N) is 3. The van der Waals surface area contributed by atoms with E-state index in [0.717, 1.165) is 37.4 Å². The normalized spacial score (nSPS) is 21.1. The molecule has 4 heteroatoms. The van der Waals surface area contributed by atoms with E-state index in [-0.39, 0.29) is 5.91 Å². The SMILES string of the molecule is CC(C)N1CCCN(c2ccc3c4c(cccc24)C(=O)N3CC2CCCCC2)CC1. The summed E-state index contributed by atoms with van der Waals surface area (Å²) in [5.41, 5.74) is 3.34. The van der Waals surface area contributed by atoms with E-state index in [1.807, 2.05) is 6.07 Å². The van der Waals surface area contributed by atoms with Crippen molar-refractivity contribution in [1.82, 2.24) is 4.90 Å². The molecule has 2 fully saturated rings. The van der Waals surface area contributed by atoms with Gasteiger partial charge in [-0.3, -0.25) is 9.69 Å². The van der Waals surface area contributed by atoms with Crippen molar-refractivity contribution in [2.45, 2.75) is 58.4 Å². The molecule has 2 aromatic carbocycles. The van der Waals surface area contributed by atoms with E-state index in [2.05, 4.69) is 52.8 Å². The molecule has 2 aliphatic heterocycles. The van der Waals surface area contributed by atoms with Crippen LogP contribution >= 0.6 is 0 Å². The lowest BCUT2D eigenvalue weighted by atomic mass is 9.89. The van der Waals surface area contributed by atoms with E-state index in [1.165, 1.54) is 61.5 Å². The van der Waals surface area contributed by atoms with Gasteiger partial charge >= 0.3 is 0 Å². The Balaban J connectivity index is 1.47. The van der Waals surface area contributed by atoms with E-state index in [9.17, 15) is 4.79 Å². The van der Waals surface area contributed by atoms with Crippen LogP contribution in [0.2, 0.25) is 0 Å². The molecule has 0 bridgehead atoms. The van der Waals surface area contributed by atoms with Crippen molar-refractivity contribution in [3.05, 3.63) is 35.9 Å². The number of anilines is 2. The topological polar surface area (TPSA) is 26.8 Å². The molecule has 1 amide bonds. The molecule has 4 nitrogen and oxygen atoms in total. The number of hydrogen-bond acceptors (Lipinski definition) is 3. The zero-order valence-corrected chi connectivity index (χ0v) is 18.6. The third kappa shape index (κ3) is 3.49. The third-order valence-corrected chi connectivity index (χ3v) is 7.53. The highest BCUT2D eigenvalue weighted by Crippen LogP contribution is 2.42. The summed E-state index contributed by atoms with van der Waals surface area (Å²) in [4.78, 5) is 20.5. The van der Waals surface area contributed by atoms with Crippen LogP contribution in [0.1, 0.15) is 62.7 Å². The summed E-state index contributed by atoms with van der Waals surface area (Å²) in [6.45, 7) is 9.88. The van der Waals surface area contributed by atoms with E-state index in [0.29, 0.717) is 12.0 Å². The standard InChI is InChI=1S/C26H35N3O/c1-19(2)27-14-7-15-28(17-16-27)23-12-13-24-25-21(23)10-6-11-22(25)26(30)29(24)18-20-8-4-3-5-9-20/h6,10-13,19-20H,3-5,7-9,14-18H2,1-2H3. The zero-order valence-electron chi connectivity index (χ0n) is 18.6. The summed E-state index contributed by atoms with van der Waals surface area (Å²) >= 11 is 0. The highest BCUT2D eigenvalue weighted by Gasteiger charge is 2.33. The smallest absolute Gasteiger partial charge is 0.259 e. The van der Waals surface area contributed by atoms with E-state index < -0.39 is 0 Å². The average molecular weight is 406 g/mol. The van der Waals surface area contributed by atoms with Crippen LogP contribution < -0.4 is 9.80 Å². The second kappa shape index (κ2) is 8.22. The molecule has 1 aliphatic carbocycles. The van der Waals surface area contributed by atoms with Crippen molar-refractivity contribution in [2.24, 2.45) is 5.92 Å². The molecular formula is C26H35N3O. The number of benzene rings is 2. The number of carbonyl (C=O) groups excluding carboxylic acids is 1. The van der Waals surface area contributed by atoms with Crippen molar-refractivity contribution in [3.8, 4) is 0 Å². The summed E-state index contributed by atoms with van der Waals surface area (Å²) < 4.78 is 0. The van der Waals surface area contributed by atoms with E-state index in [1.54, 1.807) is 0 Å². The van der Waals surface area contributed by atoms with Crippen LogP contribution in [0.15, 0.2) is 30.3 Å². The van der Waals surface area contributed by atoms with Gasteiger partial charge < -0.3 is 9.80 Å². The van der Waals surface area contributed by atoms with Gasteiger partial charge in [-0.1, -0.05) is 31.4 Å². The summed E-state index contributed by atoms with van der Waals surface area (Å²) in [6, 6.07) is 11.4. The minimum Gasteiger partial charge on any atom is -0.370 e. The maximum absolute atomic E-state index is 13.3. The maximum Gasteiger partial charge on any atom is 0.259 e. The minimum absolute atomic E-state index is 0.208. The van der Waals surface area contributed by atoms with Crippen LogP contribution in [-0.4, -0.2) is 49.6 Å². The molecule has 0 N–H and O–H groups in total. The third-order valence-electron chi connectivity index (χ3n) is 7.53. The first kappa shape index (κ1) is 19.9. The summed E-state index contributed by atoms with van der Waals surface area (Å²) in [7, 11) is 0. The average Bonchev–Trinajstić information content (AvgIpc) is 2.92. The predicted octanol–water partition coefficient (Wildman–Crippen LogP) is 5.30. The lowest BCUT2D eigenvalue weighted by Gasteiger charge is -2.28. The molecule has 2 aromatic rings. The quantitative estimate of drug-likeness (QED) is 0.690. The largest absolute Gasteiger partial charge is 0.370 e. The van der Waals surface area contributed by atoms with Crippen LogP contribution in [0.3, 0.4) is 0 Å². The van der Waals surface area contributed by atoms with Crippen molar-refractivity contribution in [1.29, 1.82) is 0 Å². The van der Waals surface area contributed by atoms with Gasteiger partial charge in [-0.25, -0.2) is 0 Å². The van der Waals surface area contributed by atoms with Gasteiger partial charge in [0.05, 0.1) is 5.69 Å². The molecule has 5 rings (SSSR count). The fraction of sp³-hybridized carbons (Fsp3) is 0.577. The van der Waals surface area contributed by atoms with Gasteiger partial charge in [0.15, 0.2) is 0 Å². The Morgan fingerprint density at radius 3 is 2.50 bits per heavy atom. The second-order valence-electron chi connectivity index (χ2n) is 9.72. The molecule has 2 heterocycles. The van der Waals surface area contributed by atoms with Crippen LogP contribution in [0.4, 0.5) is 11.4 Å². The van der Waals surface area contributed by atoms with Crippen LogP contribution in [0.25, 0.3) is 10.8 Å². The lowest BCUT2D eigenvalue weighted by molar-refractivity contribution is 0.0987. The fourth-order valence-electron chi connectivity index (χ4n) is 5.81. The van der Waals surface area contributed by atoms with Crippen LogP contribution in [0.5, 0.6) is 0 Å². The van der Waals surface area contributed by atoms with Gasteiger partial charge in [0, 0.05) is 60.8 Å². The van der Waals surface area contributed by atoms with Crippen molar-refractivity contribution < 1.29 is 4.79 Å². The van der Waals surface area contributed by atoms with E-state index >= 15 is 0 Å². The molecule has 0 spiro atoms. The molecule has 0 atom stereocenters. The number of amides is 1. The second-order valence-corrected chi connectivity index (χ2v) is 9.72. The lowest BCUT2D eigenvalue weighted by Crippen LogP contribution is -2.35. The molecule has 0 radical (unpaired) electrons. The first-order valence-electron chi connectivity index (χ1n) is 12.0. The van der Waals surface area contributed by atoms with Crippen molar-refractivity contribution >= 4 is 28.1 Å². The summed E-state index contributed by atoms with van der Waals surface area (Å²) in [6.07, 6.45) is 7.71. The fourth-order valence-corrected chi connectivity index (χ4v) is 5.81. The molecule has 160 valence electrons. The molecular weight excluding hydrogens is 370 g/mol. The molecule has 30 heavy (non-hydrogen) atoms. The predicted molar refractivity (Wildman–Crippen MR) is 126 cm³/mol. The van der Waals surface area contributed by atoms with Gasteiger partial charge in [-0.15, -0.1) is 0 Å². The number of carbonyl (C=O) groups is 1. The summed E-state index contributed by atoms with van der Waals surface area (Å²) in [5.74, 6) is 0.861. The highest BCUT2D eigenvalue weighted by molar-refractivity contribution is 6.26. The Bertz CT molecular complexity index is 931. The Morgan fingerprint density at radius 1 is 0.900 bits per heavy atom. The molecule has 0 aromatic heterocycles. The monoisotopic (exact) mass is 405 g/mol. The first-order chi connectivity index (χ1) is 14.6. The van der Waals surface area contributed by atoms with Gasteiger partial charge in [-0.05, 0) is 57.2 Å². The molecule has 1 saturated carbocycles. The first-order valence-corrected chi connectivity index (χ1v) is 12.0. The number of rotatable bonds is 4. The van der Waals surface area contributed by atoms with Crippen molar-refractivity contribution in [2.75, 3.05) is 42.5 Å². The molecule has 1 saturated heterocycles. The van der Waals surface area contributed by atoms with Gasteiger partial charge in [0.2, 0.25) is 0 Å². The van der Waals surface area contributed by atoms with Crippen molar-refractivity contribution in [3.63, 3.8) is 0 Å². The summed E-state index contributed by atoms with van der Waals surface area (Å²) in [5, 5.41) is 2.43. The zero-order chi connectivity index (χ0) is 20.7.